The number of rotatable bonds is 2. The van der Waals surface area contributed by atoms with Crippen molar-refractivity contribution in [3.05, 3.63) is 58.1 Å². The van der Waals surface area contributed by atoms with Gasteiger partial charge in [0.2, 0.25) is 11.8 Å². The van der Waals surface area contributed by atoms with E-state index in [1.807, 2.05) is 13.0 Å². The highest BCUT2D eigenvalue weighted by Gasteiger charge is 2.41. The van der Waals surface area contributed by atoms with Gasteiger partial charge in [-0.1, -0.05) is 25.1 Å². The van der Waals surface area contributed by atoms with Gasteiger partial charge in [-0.2, -0.15) is 18.4 Å². The van der Waals surface area contributed by atoms with Gasteiger partial charge in [-0.05, 0) is 18.1 Å². The van der Waals surface area contributed by atoms with Gasteiger partial charge in [0.1, 0.15) is 11.6 Å². The number of nitriles is 1. The summed E-state index contributed by atoms with van der Waals surface area (Å²) >= 11 is 0. The summed E-state index contributed by atoms with van der Waals surface area (Å²) in [6.07, 6.45) is -4.06. The van der Waals surface area contributed by atoms with E-state index in [-0.39, 0.29) is 22.9 Å². The van der Waals surface area contributed by atoms with E-state index in [0.717, 1.165) is 6.07 Å². The van der Waals surface area contributed by atoms with E-state index in [1.54, 1.807) is 0 Å². The SMILES string of the molecule is CCc1[nH]nc2c1[C@H](c1ccccc1C(F)(F)F)C(C#N)=C(N)O2. The molecule has 0 unspecified atom stereocenters. The first-order valence-corrected chi connectivity index (χ1v) is 7.19. The molecule has 2 aromatic rings. The zero-order valence-corrected chi connectivity index (χ0v) is 12.6. The minimum Gasteiger partial charge on any atom is -0.420 e. The molecule has 124 valence electrons. The quantitative estimate of drug-likeness (QED) is 0.883. The molecule has 0 spiro atoms. The smallest absolute Gasteiger partial charge is 0.416 e. The van der Waals surface area contributed by atoms with Crippen molar-refractivity contribution >= 4 is 0 Å². The predicted octanol–water partition coefficient (Wildman–Crippen LogP) is 3.21. The van der Waals surface area contributed by atoms with Crippen molar-refractivity contribution in [2.45, 2.75) is 25.4 Å². The molecule has 1 aliphatic heterocycles. The van der Waals surface area contributed by atoms with Crippen LogP contribution in [0.15, 0.2) is 35.7 Å². The van der Waals surface area contributed by atoms with Crippen molar-refractivity contribution in [1.29, 1.82) is 5.26 Å². The standard InChI is InChI=1S/C16H13F3N4O/c1-2-11-13-12(8-5-3-4-6-10(8)16(17,18)19)9(7-20)14(21)24-15(13)23-22-11/h3-6,12H,2,21H2,1H3,(H,22,23)/t12-/m1/s1. The van der Waals surface area contributed by atoms with Gasteiger partial charge >= 0.3 is 6.18 Å². The molecular formula is C16H13F3N4O. The number of aromatic nitrogens is 2. The fourth-order valence-corrected chi connectivity index (χ4v) is 2.90. The van der Waals surface area contributed by atoms with E-state index < -0.39 is 17.7 Å². The highest BCUT2D eigenvalue weighted by atomic mass is 19.4. The van der Waals surface area contributed by atoms with Crippen LogP contribution in [-0.4, -0.2) is 10.2 Å². The van der Waals surface area contributed by atoms with Crippen LogP contribution >= 0.6 is 0 Å². The van der Waals surface area contributed by atoms with E-state index >= 15 is 0 Å². The molecule has 1 aromatic carbocycles. The van der Waals surface area contributed by atoms with Crippen molar-refractivity contribution in [3.63, 3.8) is 0 Å². The van der Waals surface area contributed by atoms with Crippen LogP contribution in [0.25, 0.3) is 0 Å². The van der Waals surface area contributed by atoms with Gasteiger partial charge in [0.15, 0.2) is 0 Å². The fourth-order valence-electron chi connectivity index (χ4n) is 2.90. The number of fused-ring (bicyclic) bond motifs is 1. The maximum absolute atomic E-state index is 13.4. The fraction of sp³-hybridized carbons (Fsp3) is 0.250. The number of nitrogens with two attached hydrogens (primary N) is 1. The molecule has 0 radical (unpaired) electrons. The number of ether oxygens (including phenoxy) is 1. The lowest BCUT2D eigenvalue weighted by atomic mass is 9.81. The minimum absolute atomic E-state index is 0.0508. The van der Waals surface area contributed by atoms with Crippen LogP contribution in [0.3, 0.4) is 0 Å². The van der Waals surface area contributed by atoms with Crippen molar-refractivity contribution in [3.8, 4) is 11.9 Å². The Morgan fingerprint density at radius 3 is 2.71 bits per heavy atom. The second-order valence-corrected chi connectivity index (χ2v) is 5.28. The molecule has 3 rings (SSSR count). The van der Waals surface area contributed by atoms with E-state index in [1.165, 1.54) is 18.2 Å². The van der Waals surface area contributed by atoms with Gasteiger partial charge < -0.3 is 10.5 Å². The number of aromatic amines is 1. The molecule has 0 amide bonds. The lowest BCUT2D eigenvalue weighted by Crippen LogP contribution is -2.23. The zero-order valence-electron chi connectivity index (χ0n) is 12.6. The summed E-state index contributed by atoms with van der Waals surface area (Å²) in [5.74, 6) is -1.11. The number of hydrogen-bond donors (Lipinski definition) is 2. The number of aryl methyl sites for hydroxylation is 1. The average Bonchev–Trinajstić information content (AvgIpc) is 2.95. The van der Waals surface area contributed by atoms with Crippen LogP contribution in [0.5, 0.6) is 5.88 Å². The molecular weight excluding hydrogens is 321 g/mol. The van der Waals surface area contributed by atoms with Crippen molar-refractivity contribution in [2.24, 2.45) is 5.73 Å². The maximum Gasteiger partial charge on any atom is 0.416 e. The number of allylic oxidation sites excluding steroid dienone is 1. The van der Waals surface area contributed by atoms with Gasteiger partial charge in [-0.3, -0.25) is 5.10 Å². The lowest BCUT2D eigenvalue weighted by Gasteiger charge is -2.26. The number of nitrogens with one attached hydrogen (secondary N) is 1. The molecule has 5 nitrogen and oxygen atoms in total. The number of benzene rings is 1. The molecule has 2 heterocycles. The summed E-state index contributed by atoms with van der Waals surface area (Å²) in [5.41, 5.74) is 5.84. The van der Waals surface area contributed by atoms with Crippen LogP contribution in [0.1, 0.15) is 35.2 Å². The molecule has 8 heteroatoms. The monoisotopic (exact) mass is 334 g/mol. The number of hydrogen-bond acceptors (Lipinski definition) is 4. The minimum atomic E-state index is -4.56. The van der Waals surface area contributed by atoms with Crippen LogP contribution in [0.4, 0.5) is 13.2 Å². The Hall–Kier alpha value is -2.95. The van der Waals surface area contributed by atoms with Gasteiger partial charge in [-0.25, -0.2) is 0 Å². The highest BCUT2D eigenvalue weighted by molar-refractivity contribution is 5.57. The van der Waals surface area contributed by atoms with E-state index in [9.17, 15) is 18.4 Å². The summed E-state index contributed by atoms with van der Waals surface area (Å²) in [7, 11) is 0. The summed E-state index contributed by atoms with van der Waals surface area (Å²) in [6, 6.07) is 7.02. The van der Waals surface area contributed by atoms with Crippen molar-refractivity contribution in [2.75, 3.05) is 0 Å². The van der Waals surface area contributed by atoms with Gasteiger partial charge in [-0.15, -0.1) is 5.10 Å². The summed E-state index contributed by atoms with van der Waals surface area (Å²) < 4.78 is 45.6. The van der Waals surface area contributed by atoms with Crippen LogP contribution in [-0.2, 0) is 12.6 Å². The van der Waals surface area contributed by atoms with E-state index in [4.69, 9.17) is 10.5 Å². The largest absolute Gasteiger partial charge is 0.420 e. The summed E-state index contributed by atoms with van der Waals surface area (Å²) in [6.45, 7) is 1.83. The van der Waals surface area contributed by atoms with E-state index in [2.05, 4.69) is 10.2 Å². The first-order chi connectivity index (χ1) is 11.4. The molecule has 24 heavy (non-hydrogen) atoms. The highest BCUT2D eigenvalue weighted by Crippen LogP contribution is 2.46. The molecule has 0 fully saturated rings. The third kappa shape index (κ3) is 2.38. The second-order valence-electron chi connectivity index (χ2n) is 5.28. The van der Waals surface area contributed by atoms with Gasteiger partial charge in [0, 0.05) is 11.3 Å². The lowest BCUT2D eigenvalue weighted by molar-refractivity contribution is -0.138. The Balaban J connectivity index is 2.31. The zero-order chi connectivity index (χ0) is 17.5. The van der Waals surface area contributed by atoms with Crippen LogP contribution < -0.4 is 10.5 Å². The topological polar surface area (TPSA) is 87.7 Å². The Bertz CT molecular complexity index is 861. The van der Waals surface area contributed by atoms with Crippen LogP contribution in [0.2, 0.25) is 0 Å². The average molecular weight is 334 g/mol. The molecule has 0 aliphatic carbocycles. The Kier molecular flexibility index (Phi) is 3.72. The third-order valence-electron chi connectivity index (χ3n) is 3.95. The molecule has 1 atom stereocenters. The Labute approximate surface area is 135 Å². The summed E-state index contributed by atoms with van der Waals surface area (Å²) in [4.78, 5) is 0. The number of halogens is 3. The molecule has 0 bridgehead atoms. The number of nitrogens with zero attached hydrogens (tertiary/aromatic N) is 2. The first kappa shape index (κ1) is 15.9. The van der Waals surface area contributed by atoms with E-state index in [0.29, 0.717) is 17.7 Å². The van der Waals surface area contributed by atoms with Crippen molar-refractivity contribution < 1.29 is 17.9 Å². The van der Waals surface area contributed by atoms with Gasteiger partial charge in [0.25, 0.3) is 0 Å². The number of alkyl halides is 3. The second kappa shape index (κ2) is 5.60. The molecule has 1 aliphatic rings. The Morgan fingerprint density at radius 1 is 1.38 bits per heavy atom. The summed E-state index contributed by atoms with van der Waals surface area (Å²) in [5, 5.41) is 16.1. The molecule has 0 saturated heterocycles. The molecule has 3 N–H and O–H groups in total. The Morgan fingerprint density at radius 2 is 2.08 bits per heavy atom. The molecule has 1 aromatic heterocycles. The predicted molar refractivity (Wildman–Crippen MR) is 78.7 cm³/mol. The maximum atomic E-state index is 13.4. The van der Waals surface area contributed by atoms with Crippen LogP contribution in [0, 0.1) is 11.3 Å². The van der Waals surface area contributed by atoms with Crippen molar-refractivity contribution in [1.82, 2.24) is 10.2 Å². The van der Waals surface area contributed by atoms with Gasteiger partial charge in [0.05, 0.1) is 11.5 Å². The normalized spacial score (nSPS) is 17.2. The first-order valence-electron chi connectivity index (χ1n) is 7.19. The number of H-pyrrole nitrogens is 1. The third-order valence-corrected chi connectivity index (χ3v) is 3.95. The molecule has 0 saturated carbocycles.